The molecule has 0 saturated heterocycles. The second kappa shape index (κ2) is 15.8. The number of anilines is 1. The van der Waals surface area contributed by atoms with Gasteiger partial charge in [0.2, 0.25) is 5.91 Å². The molecule has 0 aliphatic carbocycles. The summed E-state index contributed by atoms with van der Waals surface area (Å²) < 4.78 is 5.55. The Kier molecular flexibility index (Phi) is 11.6. The van der Waals surface area contributed by atoms with E-state index in [1.165, 1.54) is 0 Å². The molecule has 238 valence electrons. The van der Waals surface area contributed by atoms with E-state index >= 15 is 0 Å². The normalized spacial score (nSPS) is 12.4. The monoisotopic (exact) mass is 617 g/mol. The fraction of sp³-hybridized carbons (Fsp3) is 0.308. The van der Waals surface area contributed by atoms with Crippen molar-refractivity contribution in [1.29, 1.82) is 0 Å². The number of benzene rings is 4. The Balaban J connectivity index is 1.75. The highest BCUT2D eigenvalue weighted by Gasteiger charge is 2.36. The predicted molar refractivity (Wildman–Crippen MR) is 184 cm³/mol. The summed E-state index contributed by atoms with van der Waals surface area (Å²) >= 11 is 0. The van der Waals surface area contributed by atoms with Crippen molar-refractivity contribution in [1.82, 2.24) is 10.2 Å². The van der Waals surface area contributed by atoms with E-state index in [1.807, 2.05) is 72.8 Å². The number of carbonyl (C=O) groups excluding carboxylic acids is 3. The van der Waals surface area contributed by atoms with Gasteiger partial charge in [-0.2, -0.15) is 0 Å². The second-order valence-electron chi connectivity index (χ2n) is 12.3. The lowest BCUT2D eigenvalue weighted by molar-refractivity contribution is -0.140. The van der Waals surface area contributed by atoms with Gasteiger partial charge in [-0.25, -0.2) is 4.79 Å². The van der Waals surface area contributed by atoms with Crippen LogP contribution in [0.3, 0.4) is 0 Å². The van der Waals surface area contributed by atoms with Crippen LogP contribution in [0.4, 0.5) is 10.5 Å². The molecular formula is C39H43N3O4. The van der Waals surface area contributed by atoms with Gasteiger partial charge in [0.1, 0.15) is 17.7 Å². The molecule has 2 N–H and O–H groups in total. The summed E-state index contributed by atoms with van der Waals surface area (Å²) in [7, 11) is 0. The van der Waals surface area contributed by atoms with E-state index in [9.17, 15) is 14.4 Å². The average Bonchev–Trinajstić information content (AvgIpc) is 3.03. The van der Waals surface area contributed by atoms with Crippen molar-refractivity contribution in [3.63, 3.8) is 0 Å². The van der Waals surface area contributed by atoms with Crippen molar-refractivity contribution in [3.8, 4) is 12.3 Å². The molecule has 4 rings (SSSR count). The summed E-state index contributed by atoms with van der Waals surface area (Å²) in [5.41, 5.74) is 1.99. The van der Waals surface area contributed by atoms with Gasteiger partial charge in [-0.15, -0.1) is 6.42 Å². The number of nitrogens with one attached hydrogen (secondary N) is 2. The summed E-state index contributed by atoms with van der Waals surface area (Å²) in [6.45, 7) is 7.69. The third kappa shape index (κ3) is 9.45. The van der Waals surface area contributed by atoms with E-state index in [0.717, 1.165) is 29.2 Å². The first-order valence-corrected chi connectivity index (χ1v) is 15.8. The van der Waals surface area contributed by atoms with Crippen molar-refractivity contribution in [3.05, 3.63) is 114 Å². The molecule has 2 atom stereocenters. The Morgan fingerprint density at radius 1 is 0.870 bits per heavy atom. The van der Waals surface area contributed by atoms with Crippen LogP contribution in [0.1, 0.15) is 69.7 Å². The van der Waals surface area contributed by atoms with Gasteiger partial charge in [0.15, 0.2) is 0 Å². The molecule has 7 heteroatoms. The van der Waals surface area contributed by atoms with Crippen LogP contribution in [0.25, 0.3) is 10.8 Å². The number of nitrogens with zero attached hydrogens (tertiary/aromatic N) is 1. The number of rotatable bonds is 12. The van der Waals surface area contributed by atoms with Gasteiger partial charge in [-0.05, 0) is 73.4 Å². The van der Waals surface area contributed by atoms with Crippen LogP contribution in [-0.2, 0) is 20.7 Å². The molecule has 0 radical (unpaired) electrons. The van der Waals surface area contributed by atoms with Gasteiger partial charge in [0.05, 0.1) is 0 Å². The van der Waals surface area contributed by atoms with Crippen molar-refractivity contribution < 1.29 is 19.1 Å². The molecule has 46 heavy (non-hydrogen) atoms. The second-order valence-corrected chi connectivity index (χ2v) is 12.3. The SMILES string of the molecule is C#Cc1ccc(C(C(=O)Nc2ccc3ccccc3c2)N(CCCCC)C(=O)C(Cc2ccccc2)NC(=O)OC(C)(C)C)cc1. The quantitative estimate of drug-likeness (QED) is 0.126. The first-order valence-electron chi connectivity index (χ1n) is 15.8. The maximum absolute atomic E-state index is 14.7. The van der Waals surface area contributed by atoms with Crippen LogP contribution < -0.4 is 10.6 Å². The molecule has 0 spiro atoms. The maximum atomic E-state index is 14.7. The highest BCUT2D eigenvalue weighted by atomic mass is 16.6. The molecule has 4 aromatic carbocycles. The molecule has 7 nitrogen and oxygen atoms in total. The number of ether oxygens (including phenoxy) is 1. The van der Waals surface area contributed by atoms with Crippen molar-refractivity contribution >= 4 is 34.4 Å². The first-order chi connectivity index (χ1) is 22.1. The smallest absolute Gasteiger partial charge is 0.408 e. The first kappa shape index (κ1) is 33.8. The van der Waals surface area contributed by atoms with Crippen molar-refractivity contribution in [2.75, 3.05) is 11.9 Å². The molecule has 2 unspecified atom stereocenters. The standard InChI is InChI=1S/C39H43N3O4/c1-6-8-14-25-42(37(44)34(26-29-15-10-9-11-16-29)41-38(45)46-39(3,4)5)35(31-21-19-28(7-2)20-22-31)36(43)40-33-24-23-30-17-12-13-18-32(30)27-33/h2,9-13,15-24,27,34-35H,6,8,14,25-26H2,1,3-5H3,(H,40,43)(H,41,45). The highest BCUT2D eigenvalue weighted by molar-refractivity contribution is 6.00. The lowest BCUT2D eigenvalue weighted by Crippen LogP contribution is -2.53. The molecule has 0 fully saturated rings. The number of hydrogen-bond acceptors (Lipinski definition) is 4. The molecule has 0 bridgehead atoms. The predicted octanol–water partition coefficient (Wildman–Crippen LogP) is 7.66. The Labute approximate surface area is 272 Å². The highest BCUT2D eigenvalue weighted by Crippen LogP contribution is 2.27. The fourth-order valence-electron chi connectivity index (χ4n) is 5.31. The number of fused-ring (bicyclic) bond motifs is 1. The number of unbranched alkanes of at least 4 members (excludes halogenated alkanes) is 2. The minimum atomic E-state index is -0.999. The fourth-order valence-corrected chi connectivity index (χ4v) is 5.31. The van der Waals surface area contributed by atoms with E-state index in [-0.39, 0.29) is 18.2 Å². The zero-order valence-electron chi connectivity index (χ0n) is 27.1. The van der Waals surface area contributed by atoms with Crippen LogP contribution in [0, 0.1) is 12.3 Å². The van der Waals surface area contributed by atoms with Crippen LogP contribution in [0.2, 0.25) is 0 Å². The maximum Gasteiger partial charge on any atom is 0.408 e. The van der Waals surface area contributed by atoms with Crippen LogP contribution in [0.5, 0.6) is 0 Å². The molecule has 3 amide bonds. The average molecular weight is 618 g/mol. The van der Waals surface area contributed by atoms with Gasteiger partial charge in [-0.1, -0.05) is 98.5 Å². The Hall–Kier alpha value is -5.09. The molecule has 0 aromatic heterocycles. The summed E-state index contributed by atoms with van der Waals surface area (Å²) in [4.78, 5) is 43.6. The number of carbonyl (C=O) groups is 3. The molecule has 4 aromatic rings. The number of hydrogen-bond donors (Lipinski definition) is 2. The van der Waals surface area contributed by atoms with Crippen LogP contribution in [0.15, 0.2) is 97.1 Å². The Morgan fingerprint density at radius 2 is 1.54 bits per heavy atom. The zero-order chi connectivity index (χ0) is 33.1. The van der Waals surface area contributed by atoms with Crippen molar-refractivity contribution in [2.45, 2.75) is 71.1 Å². The summed E-state index contributed by atoms with van der Waals surface area (Å²) in [6, 6.07) is 28.2. The zero-order valence-corrected chi connectivity index (χ0v) is 27.1. The van der Waals surface area contributed by atoms with E-state index in [1.54, 1.807) is 49.9 Å². The molecule has 0 aliphatic heterocycles. The topological polar surface area (TPSA) is 87.7 Å². The minimum Gasteiger partial charge on any atom is -0.444 e. The lowest BCUT2D eigenvalue weighted by atomic mass is 9.98. The summed E-state index contributed by atoms with van der Waals surface area (Å²) in [5.74, 6) is 1.86. The van der Waals surface area contributed by atoms with Crippen LogP contribution >= 0.6 is 0 Å². The largest absolute Gasteiger partial charge is 0.444 e. The molecule has 0 heterocycles. The number of terminal acetylenes is 1. The van der Waals surface area contributed by atoms with Crippen molar-refractivity contribution in [2.24, 2.45) is 0 Å². The van der Waals surface area contributed by atoms with E-state index in [2.05, 4.69) is 23.5 Å². The van der Waals surface area contributed by atoms with Gasteiger partial charge >= 0.3 is 6.09 Å². The summed E-state index contributed by atoms with van der Waals surface area (Å²) in [5, 5.41) is 7.91. The third-order valence-electron chi connectivity index (χ3n) is 7.53. The Bertz CT molecular complexity index is 1670. The molecular weight excluding hydrogens is 574 g/mol. The van der Waals surface area contributed by atoms with Gasteiger partial charge in [-0.3, -0.25) is 9.59 Å². The van der Waals surface area contributed by atoms with E-state index < -0.39 is 23.8 Å². The van der Waals surface area contributed by atoms with Crippen LogP contribution in [-0.4, -0.2) is 41.0 Å². The summed E-state index contributed by atoms with van der Waals surface area (Å²) in [6.07, 6.45) is 7.61. The lowest BCUT2D eigenvalue weighted by Gasteiger charge is -2.34. The van der Waals surface area contributed by atoms with E-state index in [4.69, 9.17) is 11.2 Å². The number of alkyl carbamates (subject to hydrolysis) is 1. The molecule has 0 aliphatic rings. The van der Waals surface area contributed by atoms with Gasteiger partial charge in [0, 0.05) is 24.2 Å². The van der Waals surface area contributed by atoms with Gasteiger partial charge in [0.25, 0.3) is 5.91 Å². The van der Waals surface area contributed by atoms with E-state index in [0.29, 0.717) is 29.8 Å². The molecule has 0 saturated carbocycles. The third-order valence-corrected chi connectivity index (χ3v) is 7.53. The Morgan fingerprint density at radius 3 is 2.20 bits per heavy atom. The van der Waals surface area contributed by atoms with Gasteiger partial charge < -0.3 is 20.3 Å². The number of amides is 3. The minimum absolute atomic E-state index is 0.220.